The van der Waals surface area contributed by atoms with Gasteiger partial charge in [0.15, 0.2) is 5.03 Å². The molecule has 0 fully saturated rings. The van der Waals surface area contributed by atoms with Crippen molar-refractivity contribution in [2.24, 2.45) is 0 Å². The molecule has 3 aromatic heterocycles. The third-order valence-electron chi connectivity index (χ3n) is 4.40. The van der Waals surface area contributed by atoms with Gasteiger partial charge in [-0.25, -0.2) is 29.5 Å². The van der Waals surface area contributed by atoms with Gasteiger partial charge in [-0.3, -0.25) is 4.40 Å². The van der Waals surface area contributed by atoms with Crippen molar-refractivity contribution >= 4 is 11.6 Å². The SMILES string of the molecule is CN(C)Cc1ccn2c(-c3ccnc(N[N+](=O)[O-])n3)c(-c3ccc(F)cc3)nc2c1. The number of pyridine rings is 1. The van der Waals surface area contributed by atoms with E-state index in [0.29, 0.717) is 28.3 Å². The highest BCUT2D eigenvalue weighted by Gasteiger charge is 2.19. The van der Waals surface area contributed by atoms with Crippen LogP contribution in [0.15, 0.2) is 54.9 Å². The number of nitrogens with one attached hydrogen (secondary N) is 1. The second-order valence-electron chi connectivity index (χ2n) is 6.95. The van der Waals surface area contributed by atoms with Crippen molar-refractivity contribution in [2.45, 2.75) is 6.54 Å². The number of fused-ring (bicyclic) bond motifs is 1. The molecule has 0 spiro atoms. The molecule has 152 valence electrons. The van der Waals surface area contributed by atoms with Gasteiger partial charge in [0.25, 0.3) is 5.95 Å². The minimum atomic E-state index is -0.720. The van der Waals surface area contributed by atoms with E-state index in [-0.39, 0.29) is 11.8 Å². The number of anilines is 1. The second-order valence-corrected chi connectivity index (χ2v) is 6.95. The molecule has 0 aliphatic heterocycles. The predicted molar refractivity (Wildman–Crippen MR) is 110 cm³/mol. The summed E-state index contributed by atoms with van der Waals surface area (Å²) >= 11 is 0. The molecule has 0 unspecified atom stereocenters. The van der Waals surface area contributed by atoms with Gasteiger partial charge in [0.05, 0.1) is 17.1 Å². The summed E-state index contributed by atoms with van der Waals surface area (Å²) in [5, 5.41) is 10.1. The normalized spacial score (nSPS) is 11.2. The van der Waals surface area contributed by atoms with Crippen LogP contribution in [0.2, 0.25) is 0 Å². The molecule has 10 heteroatoms. The number of nitro groups is 1. The molecule has 1 N–H and O–H groups in total. The zero-order chi connectivity index (χ0) is 21.3. The zero-order valence-corrected chi connectivity index (χ0v) is 16.3. The van der Waals surface area contributed by atoms with Gasteiger partial charge < -0.3 is 4.90 Å². The molecule has 0 atom stereocenters. The molecule has 9 nitrogen and oxygen atoms in total. The van der Waals surface area contributed by atoms with Gasteiger partial charge in [0.2, 0.25) is 0 Å². The van der Waals surface area contributed by atoms with E-state index < -0.39 is 5.03 Å². The van der Waals surface area contributed by atoms with Gasteiger partial charge in [0.1, 0.15) is 11.5 Å². The maximum Gasteiger partial charge on any atom is 0.285 e. The highest BCUT2D eigenvalue weighted by molar-refractivity contribution is 5.80. The maximum absolute atomic E-state index is 13.5. The molecule has 0 saturated heterocycles. The average molecular weight is 407 g/mol. The zero-order valence-electron chi connectivity index (χ0n) is 16.3. The molecule has 0 amide bonds. The number of benzene rings is 1. The van der Waals surface area contributed by atoms with E-state index in [1.165, 1.54) is 18.3 Å². The van der Waals surface area contributed by atoms with Crippen molar-refractivity contribution in [3.8, 4) is 22.6 Å². The first-order valence-electron chi connectivity index (χ1n) is 9.07. The Hall–Kier alpha value is -3.92. The van der Waals surface area contributed by atoms with E-state index in [0.717, 1.165) is 12.1 Å². The highest BCUT2D eigenvalue weighted by Crippen LogP contribution is 2.32. The fourth-order valence-corrected chi connectivity index (χ4v) is 3.23. The van der Waals surface area contributed by atoms with Crippen molar-refractivity contribution in [3.05, 3.63) is 76.4 Å². The number of aromatic nitrogens is 4. The van der Waals surface area contributed by atoms with Crippen LogP contribution in [-0.2, 0) is 6.54 Å². The van der Waals surface area contributed by atoms with Crippen LogP contribution < -0.4 is 5.43 Å². The van der Waals surface area contributed by atoms with Crippen LogP contribution in [0.3, 0.4) is 0 Å². The predicted octanol–water partition coefficient (Wildman–Crippen LogP) is 3.26. The van der Waals surface area contributed by atoms with E-state index in [1.54, 1.807) is 18.2 Å². The summed E-state index contributed by atoms with van der Waals surface area (Å²) in [6.45, 7) is 0.745. The van der Waals surface area contributed by atoms with Crippen molar-refractivity contribution in [3.63, 3.8) is 0 Å². The van der Waals surface area contributed by atoms with Gasteiger partial charge in [-0.1, -0.05) is 5.43 Å². The molecule has 0 radical (unpaired) electrons. The molecular formula is C20H18FN7O2. The number of halogens is 1. The molecule has 3 heterocycles. The van der Waals surface area contributed by atoms with Crippen molar-refractivity contribution < 1.29 is 9.42 Å². The fraction of sp³-hybridized carbons (Fsp3) is 0.150. The monoisotopic (exact) mass is 407 g/mol. The first kappa shape index (κ1) is 19.4. The van der Waals surface area contributed by atoms with Crippen LogP contribution >= 0.6 is 0 Å². The average Bonchev–Trinajstić information content (AvgIpc) is 3.06. The fourth-order valence-electron chi connectivity index (χ4n) is 3.23. The minimum Gasteiger partial charge on any atom is -0.305 e. The Labute approximate surface area is 171 Å². The Morgan fingerprint density at radius 3 is 2.63 bits per heavy atom. The molecule has 0 aliphatic rings. The molecule has 0 bridgehead atoms. The van der Waals surface area contributed by atoms with Gasteiger partial charge >= 0.3 is 0 Å². The summed E-state index contributed by atoms with van der Waals surface area (Å²) in [7, 11) is 3.96. The van der Waals surface area contributed by atoms with Gasteiger partial charge in [0, 0.05) is 24.5 Å². The second kappa shape index (κ2) is 7.84. The number of hydrogen-bond donors (Lipinski definition) is 1. The van der Waals surface area contributed by atoms with E-state index in [4.69, 9.17) is 4.98 Å². The number of rotatable bonds is 6. The summed E-state index contributed by atoms with van der Waals surface area (Å²) in [5.41, 5.74) is 6.09. The quantitative estimate of drug-likeness (QED) is 0.387. The summed E-state index contributed by atoms with van der Waals surface area (Å²) < 4.78 is 15.3. The largest absolute Gasteiger partial charge is 0.305 e. The van der Waals surface area contributed by atoms with Crippen LogP contribution in [0, 0.1) is 15.9 Å². The van der Waals surface area contributed by atoms with Crippen LogP contribution in [0.5, 0.6) is 0 Å². The molecular weight excluding hydrogens is 389 g/mol. The lowest BCUT2D eigenvalue weighted by Crippen LogP contribution is -2.11. The highest BCUT2D eigenvalue weighted by atomic mass is 19.1. The maximum atomic E-state index is 13.5. The minimum absolute atomic E-state index is 0.137. The van der Waals surface area contributed by atoms with E-state index in [2.05, 4.69) is 14.9 Å². The molecule has 0 aliphatic carbocycles. The number of hydrazine groups is 1. The third kappa shape index (κ3) is 3.94. The Kier molecular flexibility index (Phi) is 5.07. The van der Waals surface area contributed by atoms with Crippen LogP contribution in [0.25, 0.3) is 28.3 Å². The number of nitrogens with zero attached hydrogens (tertiary/aromatic N) is 6. The van der Waals surface area contributed by atoms with Crippen LogP contribution in [0.1, 0.15) is 5.56 Å². The van der Waals surface area contributed by atoms with Crippen molar-refractivity contribution in [1.29, 1.82) is 0 Å². The number of imidazole rings is 1. The molecule has 4 aromatic rings. The van der Waals surface area contributed by atoms with Gasteiger partial charge in [-0.15, -0.1) is 0 Å². The Morgan fingerprint density at radius 1 is 1.17 bits per heavy atom. The van der Waals surface area contributed by atoms with Gasteiger partial charge in [-0.05, 0) is 62.1 Å². The van der Waals surface area contributed by atoms with Crippen LogP contribution in [-0.4, -0.2) is 43.4 Å². The summed E-state index contributed by atoms with van der Waals surface area (Å²) in [6, 6.07) is 11.6. The van der Waals surface area contributed by atoms with Crippen molar-refractivity contribution in [1.82, 2.24) is 24.3 Å². The topological polar surface area (TPSA) is 101 Å². The Bertz CT molecular complexity index is 1220. The van der Waals surface area contributed by atoms with E-state index in [9.17, 15) is 14.5 Å². The van der Waals surface area contributed by atoms with Crippen molar-refractivity contribution in [2.75, 3.05) is 19.5 Å². The van der Waals surface area contributed by atoms with E-state index in [1.807, 2.05) is 42.3 Å². The number of hydrogen-bond acceptors (Lipinski definition) is 6. The lowest BCUT2D eigenvalue weighted by molar-refractivity contribution is -0.446. The summed E-state index contributed by atoms with van der Waals surface area (Å²) in [6.07, 6.45) is 3.31. The first-order valence-corrected chi connectivity index (χ1v) is 9.07. The molecule has 30 heavy (non-hydrogen) atoms. The Balaban J connectivity index is 1.92. The van der Waals surface area contributed by atoms with Crippen LogP contribution in [0.4, 0.5) is 10.3 Å². The molecule has 4 rings (SSSR count). The third-order valence-corrected chi connectivity index (χ3v) is 4.40. The lowest BCUT2D eigenvalue weighted by Gasteiger charge is -2.10. The molecule has 0 saturated carbocycles. The van der Waals surface area contributed by atoms with Gasteiger partial charge in [-0.2, -0.15) is 0 Å². The standard InChI is InChI=1S/C20H18FN7O2/c1-26(2)12-13-8-10-27-17(11-13)24-18(14-3-5-15(21)6-4-14)19(27)16-7-9-22-20(23-16)25-28(29)30/h3-11H,12H2,1-2H3,(H,22,23,25). The molecule has 1 aromatic carbocycles. The first-order chi connectivity index (χ1) is 14.4. The summed E-state index contributed by atoms with van der Waals surface area (Å²) in [5.74, 6) is -0.487. The van der Waals surface area contributed by atoms with E-state index >= 15 is 0 Å². The summed E-state index contributed by atoms with van der Waals surface area (Å²) in [4.78, 5) is 25.7. The lowest BCUT2D eigenvalue weighted by atomic mass is 10.1. The Morgan fingerprint density at radius 2 is 1.93 bits per heavy atom. The smallest absolute Gasteiger partial charge is 0.285 e.